The van der Waals surface area contributed by atoms with E-state index in [2.05, 4.69) is 109 Å². The summed E-state index contributed by atoms with van der Waals surface area (Å²) in [6.45, 7) is 13.7. The highest BCUT2D eigenvalue weighted by molar-refractivity contribution is 9.10. The van der Waals surface area contributed by atoms with Gasteiger partial charge in [0.15, 0.2) is 0 Å². The molecule has 1 aromatic heterocycles. The summed E-state index contributed by atoms with van der Waals surface area (Å²) in [5.74, 6) is 5.50. The molecule has 0 aliphatic heterocycles. The normalized spacial score (nSPS) is 35.2. The quantitative estimate of drug-likeness (QED) is 0.206. The summed E-state index contributed by atoms with van der Waals surface area (Å²) in [6, 6.07) is 9.20. The van der Waals surface area contributed by atoms with Crippen molar-refractivity contribution in [1.29, 1.82) is 0 Å². The summed E-state index contributed by atoms with van der Waals surface area (Å²) in [6.07, 6.45) is 25.2. The van der Waals surface area contributed by atoms with Crippen LogP contribution in [0.2, 0.25) is 0 Å². The number of fused-ring (bicyclic) bond motifs is 5. The molecule has 4 aliphatic rings. The van der Waals surface area contributed by atoms with Crippen LogP contribution in [-0.2, 0) is 6.54 Å². The minimum Gasteiger partial charge on any atom is -1.00 e. The molecule has 0 unspecified atom stereocenters. The summed E-state index contributed by atoms with van der Waals surface area (Å²) in [4.78, 5) is 0. The van der Waals surface area contributed by atoms with E-state index in [4.69, 9.17) is 0 Å². The molecule has 0 spiro atoms. The zero-order chi connectivity index (χ0) is 28.1. The first-order valence-electron chi connectivity index (χ1n) is 16.7. The summed E-state index contributed by atoms with van der Waals surface area (Å²) >= 11 is 3.73. The fourth-order valence-corrected chi connectivity index (χ4v) is 10.9. The minimum atomic E-state index is 0. The van der Waals surface area contributed by atoms with E-state index in [0.717, 1.165) is 42.1 Å². The van der Waals surface area contributed by atoms with Crippen LogP contribution in [-0.4, -0.2) is 4.57 Å². The number of nitrogens with zero attached hydrogens (tertiary/aromatic N) is 2. The van der Waals surface area contributed by atoms with E-state index in [9.17, 15) is 0 Å². The van der Waals surface area contributed by atoms with Crippen LogP contribution in [0.25, 0.3) is 0 Å². The molecule has 8 atom stereocenters. The van der Waals surface area contributed by atoms with E-state index < -0.39 is 0 Å². The maximum Gasteiger partial charge on any atom is 0.244 e. The van der Waals surface area contributed by atoms with Crippen molar-refractivity contribution in [2.45, 2.75) is 118 Å². The zero-order valence-corrected chi connectivity index (χ0v) is 29.5. The molecular weight excluding hydrogens is 632 g/mol. The van der Waals surface area contributed by atoms with Crippen LogP contribution >= 0.6 is 15.9 Å². The Balaban J connectivity index is 0.00000337. The molecule has 226 valence electrons. The van der Waals surface area contributed by atoms with Crippen molar-refractivity contribution in [1.82, 2.24) is 4.57 Å². The third-order valence-electron chi connectivity index (χ3n) is 12.7. The second-order valence-corrected chi connectivity index (χ2v) is 16.2. The molecule has 2 nitrogen and oxygen atoms in total. The number of allylic oxidation sites excluding steroid dienone is 2. The van der Waals surface area contributed by atoms with Gasteiger partial charge >= 0.3 is 0 Å². The molecule has 0 saturated heterocycles. The van der Waals surface area contributed by atoms with Crippen LogP contribution in [0.3, 0.4) is 0 Å². The summed E-state index contributed by atoms with van der Waals surface area (Å²) < 4.78 is 6.06. The Morgan fingerprint density at radius 1 is 1.00 bits per heavy atom. The molecule has 4 heteroatoms. The molecule has 4 aliphatic carbocycles. The Hall–Kier alpha value is -0.870. The summed E-state index contributed by atoms with van der Waals surface area (Å²) in [5.41, 5.74) is 4.16. The molecule has 0 bridgehead atoms. The first-order chi connectivity index (χ1) is 19.2. The summed E-state index contributed by atoms with van der Waals surface area (Å²) in [7, 11) is 0. The summed E-state index contributed by atoms with van der Waals surface area (Å²) in [5, 5.41) is 0. The van der Waals surface area contributed by atoms with Gasteiger partial charge in [0.05, 0.1) is 0 Å². The van der Waals surface area contributed by atoms with Gasteiger partial charge in [-0.1, -0.05) is 99.7 Å². The van der Waals surface area contributed by atoms with E-state index in [1.165, 1.54) is 80.7 Å². The highest BCUT2D eigenvalue weighted by Gasteiger charge is 2.59. The van der Waals surface area contributed by atoms with Crippen molar-refractivity contribution in [3.63, 3.8) is 0 Å². The number of hydrogen-bond donors (Lipinski definition) is 0. The Kier molecular flexibility index (Phi) is 9.72. The largest absolute Gasteiger partial charge is 1.00 e. The number of halogens is 2. The monoisotopic (exact) mass is 684 g/mol. The Labute approximate surface area is 269 Å². The Morgan fingerprint density at radius 2 is 1.80 bits per heavy atom. The van der Waals surface area contributed by atoms with Crippen LogP contribution in [0.15, 0.2) is 59.1 Å². The molecule has 0 N–H and O–H groups in total. The van der Waals surface area contributed by atoms with Crippen LogP contribution in [0.4, 0.5) is 0 Å². The van der Waals surface area contributed by atoms with Crippen molar-refractivity contribution in [2.75, 3.05) is 0 Å². The van der Waals surface area contributed by atoms with Gasteiger partial charge in [-0.2, -0.15) is 0 Å². The highest BCUT2D eigenvalue weighted by Crippen LogP contribution is 2.67. The Bertz CT molecular complexity index is 1220. The van der Waals surface area contributed by atoms with Gasteiger partial charge in [-0.25, -0.2) is 9.13 Å². The number of hydrogen-bond acceptors (Lipinski definition) is 0. The minimum absolute atomic E-state index is 0. The van der Waals surface area contributed by atoms with Crippen molar-refractivity contribution < 1.29 is 21.5 Å². The fraction of sp³-hybridized carbons (Fsp3) is 0.703. The molecule has 3 saturated carbocycles. The first kappa shape index (κ1) is 31.6. The third kappa shape index (κ3) is 5.96. The smallest absolute Gasteiger partial charge is 0.244 e. The van der Waals surface area contributed by atoms with Crippen LogP contribution in [0, 0.1) is 46.3 Å². The maximum absolute atomic E-state index is 3.73. The second-order valence-electron chi connectivity index (χ2n) is 15.3. The molecule has 6 rings (SSSR count). The lowest BCUT2D eigenvalue weighted by atomic mass is 9.47. The first-order valence-corrected chi connectivity index (χ1v) is 17.5. The fourth-order valence-electron chi connectivity index (χ4n) is 10.5. The molecule has 0 amide bonds. The predicted molar refractivity (Wildman–Crippen MR) is 170 cm³/mol. The lowest BCUT2D eigenvalue weighted by molar-refractivity contribution is -0.688. The van der Waals surface area contributed by atoms with Crippen LogP contribution in [0.5, 0.6) is 0 Å². The molecule has 1 heterocycles. The molecule has 1 aromatic carbocycles. The van der Waals surface area contributed by atoms with Crippen molar-refractivity contribution in [3.05, 3.63) is 64.7 Å². The van der Waals surface area contributed by atoms with Crippen molar-refractivity contribution in [2.24, 2.45) is 46.3 Å². The lowest BCUT2D eigenvalue weighted by Crippen LogP contribution is -3.00. The second kappa shape index (κ2) is 12.6. The molecule has 3 fully saturated rings. The van der Waals surface area contributed by atoms with Crippen molar-refractivity contribution in [3.8, 4) is 0 Å². The van der Waals surface area contributed by atoms with E-state index in [-0.39, 0.29) is 17.0 Å². The number of rotatable bonds is 8. The predicted octanol–water partition coefficient (Wildman–Crippen LogP) is 7.17. The van der Waals surface area contributed by atoms with Gasteiger partial charge in [-0.15, -0.1) is 0 Å². The maximum atomic E-state index is 3.73. The molecule has 41 heavy (non-hydrogen) atoms. The third-order valence-corrected chi connectivity index (χ3v) is 13.5. The van der Waals surface area contributed by atoms with Gasteiger partial charge in [-0.05, 0) is 97.3 Å². The van der Waals surface area contributed by atoms with E-state index in [1.807, 2.05) is 0 Å². The zero-order valence-electron chi connectivity index (χ0n) is 26.3. The molecular formula is C37H54Br2N2. The average molecular weight is 687 g/mol. The van der Waals surface area contributed by atoms with Gasteiger partial charge < -0.3 is 17.0 Å². The van der Waals surface area contributed by atoms with Gasteiger partial charge in [-0.3, -0.25) is 0 Å². The van der Waals surface area contributed by atoms with Crippen molar-refractivity contribution >= 4 is 15.9 Å². The van der Waals surface area contributed by atoms with Gasteiger partial charge in [0.2, 0.25) is 6.33 Å². The van der Waals surface area contributed by atoms with E-state index >= 15 is 0 Å². The van der Waals surface area contributed by atoms with E-state index in [1.54, 1.807) is 5.57 Å². The Morgan fingerprint density at radius 3 is 2.59 bits per heavy atom. The van der Waals surface area contributed by atoms with Crippen LogP contribution < -0.4 is 21.5 Å². The highest BCUT2D eigenvalue weighted by atomic mass is 79.9. The lowest BCUT2D eigenvalue weighted by Gasteiger charge is -2.58. The molecule has 2 aromatic rings. The van der Waals surface area contributed by atoms with E-state index in [0.29, 0.717) is 16.9 Å². The molecule has 0 radical (unpaired) electrons. The SMILES string of the molecule is CC(C)CCC[C@@H](C)[C@H]1CC[C@H]2[C@@H]3CC=C4C[C@H](n5cc[n+](Cc6ccccc6Br)c5)CC[C@]4(C)[C@H]3CC[C@]12C.[Br-]. The van der Waals surface area contributed by atoms with Gasteiger partial charge in [0.25, 0.3) is 0 Å². The van der Waals surface area contributed by atoms with Gasteiger partial charge in [0.1, 0.15) is 25.0 Å². The number of benzene rings is 1. The topological polar surface area (TPSA) is 8.81 Å². The standard InChI is InChI=1S/C37H54BrN2.BrH/c1-26(2)9-8-10-27(3)32-15-16-33-31-14-13-29-23-30(17-19-36(29,4)34(31)18-20-37(32,33)5)40-22-21-39(25-40)24-28-11-6-7-12-35(28)38;/h6-7,11-13,21-22,25-27,30-34H,8-10,14-20,23-24H2,1-5H3;1H/q+1;/p-1/t27-,30-,31+,32-,33+,34+,36+,37-;/m1./s1. The number of imidazole rings is 1. The van der Waals surface area contributed by atoms with Gasteiger partial charge in [0, 0.05) is 16.5 Å². The van der Waals surface area contributed by atoms with Crippen LogP contribution in [0.1, 0.15) is 117 Å². The number of aromatic nitrogens is 2. The average Bonchev–Trinajstić information content (AvgIpc) is 3.53.